The number of hydrogen-bond donors (Lipinski definition) is 0. The molecule has 0 radical (unpaired) electrons. The zero-order valence-corrected chi connectivity index (χ0v) is 70.6. The molecule has 0 aliphatic heterocycles. The molecule has 5 nitrogen and oxygen atoms in total. The van der Waals surface area contributed by atoms with Gasteiger partial charge in [-0.2, -0.15) is 0 Å². The lowest BCUT2D eigenvalue weighted by molar-refractivity contribution is -0.147. The van der Waals surface area contributed by atoms with Gasteiger partial charge in [-0.05, 0) is 80.5 Å². The van der Waals surface area contributed by atoms with Crippen LogP contribution in [-0.2, 0) is 23.5 Å². The molecule has 0 heterocycles. The molecule has 1 saturated carbocycles. The second-order valence-corrected chi connectivity index (χ2v) is 39.5. The standard InChI is InChI=1S/C93H182O5Si/c1-11-13-15-17-19-21-23-25-27-29-30-31-32-33-34-39-45-51-57-63-69-75-81-89(92(95)96-8)91(97-86(4)94)83-77-71-65-59-53-47-41-44-50-56-62-68-74-80-88-84-87(88)79-73-67-61-55-49-43-38-35-36-40-46-52-58-64-70-76-82-90(98-99(9,10)93(5,6)7)85(3)78-72-66-60-54-48-42-37-28-26-24-22-20-18-16-14-12-2/h83,85,87-90H,11-82,84H2,1-10H3/t85-,87-,88+,89+,90-/m0/s1. The van der Waals surface area contributed by atoms with Crippen LogP contribution in [0.2, 0.25) is 18.1 Å². The van der Waals surface area contributed by atoms with E-state index < -0.39 is 14.2 Å². The highest BCUT2D eigenvalue weighted by molar-refractivity contribution is 6.74. The van der Waals surface area contributed by atoms with Gasteiger partial charge in [0.1, 0.15) is 11.7 Å². The smallest absolute Gasteiger partial charge is 0.316 e. The number of allylic oxidation sites excluding steroid dienone is 1. The molecule has 1 aliphatic rings. The molecule has 99 heavy (non-hydrogen) atoms. The van der Waals surface area contributed by atoms with Gasteiger partial charge in [0.2, 0.25) is 0 Å². The predicted molar refractivity (Wildman–Crippen MR) is 442 cm³/mol. The van der Waals surface area contributed by atoms with Crippen molar-refractivity contribution in [2.24, 2.45) is 23.7 Å². The van der Waals surface area contributed by atoms with Crippen LogP contribution in [0.4, 0.5) is 0 Å². The highest BCUT2D eigenvalue weighted by Gasteiger charge is 2.40. The molecule has 5 atom stereocenters. The molecular formula is C93H182O5Si. The Bertz CT molecular complexity index is 1720. The third kappa shape index (κ3) is 62.7. The van der Waals surface area contributed by atoms with Crippen molar-refractivity contribution in [2.75, 3.05) is 7.11 Å². The third-order valence-electron chi connectivity index (χ3n) is 24.1. The Kier molecular flexibility index (Phi) is 68.9. The Labute approximate surface area is 624 Å². The molecule has 6 heteroatoms. The van der Waals surface area contributed by atoms with Crippen molar-refractivity contribution in [3.8, 4) is 0 Å². The highest BCUT2D eigenvalue weighted by atomic mass is 28.4. The Balaban J connectivity index is 1.97. The summed E-state index contributed by atoms with van der Waals surface area (Å²) in [5, 5.41) is 0.283. The summed E-state index contributed by atoms with van der Waals surface area (Å²) in [4.78, 5) is 25.0. The first-order chi connectivity index (χ1) is 48.3. The van der Waals surface area contributed by atoms with E-state index in [9.17, 15) is 9.59 Å². The summed E-state index contributed by atoms with van der Waals surface area (Å²) < 4.78 is 18.0. The lowest BCUT2D eigenvalue weighted by Gasteiger charge is -2.41. The third-order valence-corrected chi connectivity index (χ3v) is 28.6. The number of ether oxygens (including phenoxy) is 2. The fraction of sp³-hybridized carbons (Fsp3) is 0.957. The number of carbonyl (C=O) groups excluding carboxylic acids is 2. The summed E-state index contributed by atoms with van der Waals surface area (Å²) in [7, 11) is -0.316. The first-order valence-electron chi connectivity index (χ1n) is 45.9. The highest BCUT2D eigenvalue weighted by Crippen LogP contribution is 2.46. The summed E-state index contributed by atoms with van der Waals surface area (Å²) in [5.74, 6) is 2.23. The van der Waals surface area contributed by atoms with Crippen LogP contribution in [0.25, 0.3) is 0 Å². The lowest BCUT2D eigenvalue weighted by atomic mass is 9.93. The van der Waals surface area contributed by atoms with Crippen LogP contribution < -0.4 is 0 Å². The van der Waals surface area contributed by atoms with Gasteiger partial charge in [-0.25, -0.2) is 0 Å². The van der Waals surface area contributed by atoms with Crippen LogP contribution in [0.15, 0.2) is 11.8 Å². The second kappa shape index (κ2) is 71.1. The summed E-state index contributed by atoms with van der Waals surface area (Å²) in [6.45, 7) is 20.8. The zero-order chi connectivity index (χ0) is 72.1. The van der Waals surface area contributed by atoms with Crippen LogP contribution in [0.3, 0.4) is 0 Å². The Hall–Kier alpha value is -1.14. The number of unbranched alkanes of at least 4 members (excludes halogenated alkanes) is 63. The van der Waals surface area contributed by atoms with E-state index in [-0.39, 0.29) is 17.0 Å². The van der Waals surface area contributed by atoms with Crippen LogP contribution in [0.1, 0.15) is 517 Å². The van der Waals surface area contributed by atoms with Crippen LogP contribution in [-0.4, -0.2) is 33.5 Å². The van der Waals surface area contributed by atoms with E-state index in [4.69, 9.17) is 13.9 Å². The summed E-state index contributed by atoms with van der Waals surface area (Å²) in [5.41, 5.74) is 0. The SMILES string of the molecule is CCCCCCCCCCCCCCCCCCCCCCCC[C@@H](C(=O)OC)C(=CCCCCCCCCCCCCCC[C@@H]1C[C@@H]1CCCCCCCCCCCCCCCCCC[C@H](O[Si](C)(C)C(C)(C)C)[C@@H](C)CCCCCCCCCCCCCCCCCC)OC(C)=O. The molecule has 1 aliphatic carbocycles. The molecule has 0 aromatic carbocycles. The molecule has 0 spiro atoms. The normalized spacial score (nSPS) is 15.3. The number of rotatable bonds is 80. The second-order valence-electron chi connectivity index (χ2n) is 34.8. The molecule has 1 rings (SSSR count). The fourth-order valence-corrected chi connectivity index (χ4v) is 17.4. The average molecular weight is 1410 g/mol. The van der Waals surface area contributed by atoms with E-state index in [1.807, 2.05) is 6.08 Å². The topological polar surface area (TPSA) is 61.8 Å². The molecule has 0 unspecified atom stereocenters. The van der Waals surface area contributed by atoms with Gasteiger partial charge in [-0.3, -0.25) is 9.59 Å². The molecule has 0 bridgehead atoms. The van der Waals surface area contributed by atoms with Gasteiger partial charge in [-0.15, -0.1) is 0 Å². The van der Waals surface area contributed by atoms with E-state index in [0.717, 1.165) is 37.5 Å². The summed E-state index contributed by atoms with van der Waals surface area (Å²) in [6.07, 6.45) is 104. The van der Waals surface area contributed by atoms with Gasteiger partial charge >= 0.3 is 11.9 Å². The van der Waals surface area contributed by atoms with E-state index in [0.29, 0.717) is 24.2 Å². The van der Waals surface area contributed by atoms with Gasteiger partial charge in [0.05, 0.1) is 7.11 Å². The van der Waals surface area contributed by atoms with Gasteiger partial charge in [-0.1, -0.05) is 472 Å². The molecule has 0 saturated heterocycles. The number of esters is 2. The Morgan fingerprint density at radius 2 is 0.626 bits per heavy atom. The maximum atomic E-state index is 12.9. The molecule has 0 N–H and O–H groups in total. The van der Waals surface area contributed by atoms with Crippen LogP contribution >= 0.6 is 0 Å². The van der Waals surface area contributed by atoms with Crippen molar-refractivity contribution in [2.45, 2.75) is 541 Å². The minimum absolute atomic E-state index is 0.279. The lowest BCUT2D eigenvalue weighted by Crippen LogP contribution is -2.45. The average Bonchev–Trinajstić information content (AvgIpc) is 1.84. The van der Waals surface area contributed by atoms with Crippen molar-refractivity contribution in [3.05, 3.63) is 11.8 Å². The predicted octanol–water partition coefficient (Wildman–Crippen LogP) is 33.0. The molecule has 588 valence electrons. The van der Waals surface area contributed by atoms with E-state index in [1.165, 1.54) is 451 Å². The molecule has 1 fully saturated rings. The van der Waals surface area contributed by atoms with Crippen molar-refractivity contribution < 1.29 is 23.5 Å². The van der Waals surface area contributed by atoms with Gasteiger partial charge < -0.3 is 13.9 Å². The van der Waals surface area contributed by atoms with Gasteiger partial charge in [0.15, 0.2) is 8.32 Å². The minimum Gasteiger partial charge on any atom is -0.468 e. The van der Waals surface area contributed by atoms with E-state index >= 15 is 0 Å². The van der Waals surface area contributed by atoms with Gasteiger partial charge in [0, 0.05) is 13.0 Å². The number of hydrogen-bond acceptors (Lipinski definition) is 5. The Morgan fingerprint density at radius 3 is 0.899 bits per heavy atom. The maximum Gasteiger partial charge on any atom is 0.316 e. The summed E-state index contributed by atoms with van der Waals surface area (Å²) in [6, 6.07) is 0. The molecule has 0 amide bonds. The summed E-state index contributed by atoms with van der Waals surface area (Å²) >= 11 is 0. The fourth-order valence-electron chi connectivity index (χ4n) is 15.9. The number of carbonyl (C=O) groups is 2. The van der Waals surface area contributed by atoms with E-state index in [2.05, 4.69) is 54.6 Å². The molecule has 0 aromatic heterocycles. The van der Waals surface area contributed by atoms with Crippen molar-refractivity contribution >= 4 is 20.3 Å². The maximum absolute atomic E-state index is 12.9. The largest absolute Gasteiger partial charge is 0.468 e. The van der Waals surface area contributed by atoms with E-state index in [1.54, 1.807) is 0 Å². The van der Waals surface area contributed by atoms with Crippen molar-refractivity contribution in [1.82, 2.24) is 0 Å². The Morgan fingerprint density at radius 1 is 0.374 bits per heavy atom. The van der Waals surface area contributed by atoms with Crippen LogP contribution in [0.5, 0.6) is 0 Å². The quantitative estimate of drug-likeness (QED) is 0.0263. The minimum atomic E-state index is -1.77. The zero-order valence-electron chi connectivity index (χ0n) is 69.6. The van der Waals surface area contributed by atoms with Crippen molar-refractivity contribution in [1.29, 1.82) is 0 Å². The van der Waals surface area contributed by atoms with Crippen molar-refractivity contribution in [3.63, 3.8) is 0 Å². The first-order valence-corrected chi connectivity index (χ1v) is 48.8. The molecular weight excluding hydrogens is 1230 g/mol. The number of methoxy groups -OCH3 is 1. The van der Waals surface area contributed by atoms with Gasteiger partial charge in [0.25, 0.3) is 0 Å². The van der Waals surface area contributed by atoms with Crippen LogP contribution in [0, 0.1) is 23.7 Å². The molecule has 0 aromatic rings. The first kappa shape index (κ1) is 95.9. The monoisotopic (exact) mass is 1410 g/mol.